The number of amides is 1. The summed E-state index contributed by atoms with van der Waals surface area (Å²) in [5.41, 5.74) is 0.648. The Bertz CT molecular complexity index is 356. The highest BCUT2D eigenvalue weighted by Crippen LogP contribution is 2.14. The number of nitrogens with zero attached hydrogens (tertiary/aromatic N) is 2. The van der Waals surface area contributed by atoms with Crippen LogP contribution >= 0.6 is 0 Å². The van der Waals surface area contributed by atoms with Crippen molar-refractivity contribution >= 4 is 5.91 Å². The molecule has 2 heterocycles. The molecule has 1 fully saturated rings. The summed E-state index contributed by atoms with van der Waals surface area (Å²) in [6.07, 6.45) is 3.25. The van der Waals surface area contributed by atoms with E-state index in [9.17, 15) is 9.70 Å². The van der Waals surface area contributed by atoms with Crippen LogP contribution in [0.4, 0.5) is 0 Å². The summed E-state index contributed by atoms with van der Waals surface area (Å²) in [7, 11) is 0. The lowest BCUT2D eigenvalue weighted by Crippen LogP contribution is -2.42. The van der Waals surface area contributed by atoms with Crippen LogP contribution in [0, 0.1) is 4.91 Å². The highest BCUT2D eigenvalue weighted by Gasteiger charge is 2.23. The normalized spacial score (nSPS) is 20.6. The molecule has 0 aromatic rings. The van der Waals surface area contributed by atoms with Gasteiger partial charge in [-0.25, -0.2) is 0 Å². The van der Waals surface area contributed by atoms with E-state index in [1.807, 2.05) is 0 Å². The molecular weight excluding hydrogens is 210 g/mol. The van der Waals surface area contributed by atoms with E-state index in [-0.39, 0.29) is 11.6 Å². The van der Waals surface area contributed by atoms with E-state index in [4.69, 9.17) is 4.74 Å². The topological polar surface area (TPSA) is 71.0 Å². The fraction of sp³-hybridized carbons (Fsp3) is 0.500. The van der Waals surface area contributed by atoms with Crippen LogP contribution in [0.3, 0.4) is 0 Å². The Labute approximate surface area is 92.9 Å². The molecule has 0 aliphatic carbocycles. The van der Waals surface area contributed by atoms with Crippen molar-refractivity contribution in [3.63, 3.8) is 0 Å². The lowest BCUT2D eigenvalue weighted by atomic mass is 10.1. The van der Waals surface area contributed by atoms with E-state index in [1.54, 1.807) is 17.2 Å². The van der Waals surface area contributed by atoms with Gasteiger partial charge in [-0.05, 0) is 17.5 Å². The summed E-state index contributed by atoms with van der Waals surface area (Å²) in [6, 6.07) is 0. The van der Waals surface area contributed by atoms with Gasteiger partial charge in [0.05, 0.1) is 25.3 Å². The van der Waals surface area contributed by atoms with Crippen LogP contribution < -0.4 is 5.32 Å². The van der Waals surface area contributed by atoms with Gasteiger partial charge in [-0.15, -0.1) is 4.91 Å². The van der Waals surface area contributed by atoms with E-state index in [0.717, 1.165) is 0 Å². The highest BCUT2D eigenvalue weighted by molar-refractivity contribution is 5.97. The van der Waals surface area contributed by atoms with Crippen molar-refractivity contribution in [2.45, 2.75) is 0 Å². The van der Waals surface area contributed by atoms with Crippen molar-refractivity contribution in [1.29, 1.82) is 0 Å². The number of nitroso groups, excluding NO2 is 1. The largest absolute Gasteiger partial charge is 0.385 e. The first kappa shape index (κ1) is 10.8. The van der Waals surface area contributed by atoms with Gasteiger partial charge in [0.25, 0.3) is 5.91 Å². The van der Waals surface area contributed by atoms with Gasteiger partial charge in [-0.3, -0.25) is 4.79 Å². The third-order valence-corrected chi connectivity index (χ3v) is 2.59. The van der Waals surface area contributed by atoms with E-state index in [2.05, 4.69) is 10.5 Å². The predicted molar refractivity (Wildman–Crippen MR) is 57.4 cm³/mol. The van der Waals surface area contributed by atoms with Gasteiger partial charge in [0.15, 0.2) is 0 Å². The molecule has 1 N–H and O–H groups in total. The number of hydrogen-bond donors (Lipinski definition) is 1. The molecule has 6 nitrogen and oxygen atoms in total. The molecule has 0 aromatic heterocycles. The minimum absolute atomic E-state index is 0.143. The Balaban J connectivity index is 2.15. The molecule has 6 heteroatoms. The molecule has 2 rings (SSSR count). The Morgan fingerprint density at radius 3 is 2.88 bits per heavy atom. The summed E-state index contributed by atoms with van der Waals surface area (Å²) in [4.78, 5) is 24.3. The highest BCUT2D eigenvalue weighted by atomic mass is 16.5. The third kappa shape index (κ3) is 2.11. The molecular formula is C10H13N3O3. The number of nitrogens with one attached hydrogen (secondary N) is 1. The molecule has 0 bridgehead atoms. The predicted octanol–water partition coefficient (Wildman–Crippen LogP) is -0.0174. The van der Waals surface area contributed by atoms with E-state index in [0.29, 0.717) is 38.4 Å². The van der Waals surface area contributed by atoms with E-state index in [1.165, 1.54) is 0 Å². The molecule has 0 spiro atoms. The molecule has 0 radical (unpaired) electrons. The lowest BCUT2D eigenvalue weighted by Gasteiger charge is -2.28. The maximum Gasteiger partial charge on any atom is 0.256 e. The summed E-state index contributed by atoms with van der Waals surface area (Å²) in [6.45, 7) is 2.53. The molecule has 16 heavy (non-hydrogen) atoms. The molecule has 0 aromatic carbocycles. The minimum atomic E-state index is -0.143. The number of ether oxygens (including phenoxy) is 1. The quantitative estimate of drug-likeness (QED) is 0.668. The van der Waals surface area contributed by atoms with Crippen LogP contribution in [0.1, 0.15) is 0 Å². The van der Waals surface area contributed by atoms with Crippen molar-refractivity contribution in [1.82, 2.24) is 10.2 Å². The first-order valence-electron chi connectivity index (χ1n) is 5.16. The maximum atomic E-state index is 12.1. The average molecular weight is 223 g/mol. The Kier molecular flexibility index (Phi) is 3.31. The van der Waals surface area contributed by atoms with Crippen LogP contribution in [-0.4, -0.2) is 43.7 Å². The van der Waals surface area contributed by atoms with Gasteiger partial charge >= 0.3 is 0 Å². The molecule has 86 valence electrons. The first-order valence-corrected chi connectivity index (χ1v) is 5.16. The van der Waals surface area contributed by atoms with Crippen LogP contribution in [0.2, 0.25) is 0 Å². The average Bonchev–Trinajstić information content (AvgIpc) is 2.39. The van der Waals surface area contributed by atoms with Crippen molar-refractivity contribution < 1.29 is 9.53 Å². The van der Waals surface area contributed by atoms with Crippen LogP contribution in [-0.2, 0) is 9.53 Å². The minimum Gasteiger partial charge on any atom is -0.385 e. The SMILES string of the molecule is O=NC1=C(C(=O)N2CCOCC2)C=CNC1. The molecule has 0 atom stereocenters. The summed E-state index contributed by atoms with van der Waals surface area (Å²) in [5, 5.41) is 5.73. The monoisotopic (exact) mass is 223 g/mol. The van der Waals surface area contributed by atoms with Gasteiger partial charge in [0.1, 0.15) is 5.70 Å². The number of hydrogen-bond acceptors (Lipinski definition) is 5. The second-order valence-corrected chi connectivity index (χ2v) is 3.57. The maximum absolute atomic E-state index is 12.1. The number of dihydropyridines is 1. The van der Waals surface area contributed by atoms with Gasteiger partial charge in [0, 0.05) is 13.1 Å². The zero-order valence-corrected chi connectivity index (χ0v) is 8.81. The van der Waals surface area contributed by atoms with Gasteiger partial charge in [-0.1, -0.05) is 0 Å². The number of rotatable bonds is 2. The molecule has 0 unspecified atom stereocenters. The Morgan fingerprint density at radius 2 is 2.19 bits per heavy atom. The van der Waals surface area contributed by atoms with Gasteiger partial charge in [0.2, 0.25) is 0 Å². The van der Waals surface area contributed by atoms with Gasteiger partial charge < -0.3 is 15.0 Å². The van der Waals surface area contributed by atoms with Crippen LogP contribution in [0.25, 0.3) is 0 Å². The van der Waals surface area contributed by atoms with Crippen molar-refractivity contribution in [2.75, 3.05) is 32.8 Å². The standard InChI is InChI=1S/C10H13N3O3/c14-10(13-3-5-16-6-4-13)8-1-2-11-7-9(8)12-15/h1-2,11H,3-7H2. The Hall–Kier alpha value is -1.69. The fourth-order valence-electron chi connectivity index (χ4n) is 1.70. The zero-order valence-electron chi connectivity index (χ0n) is 8.81. The van der Waals surface area contributed by atoms with Crippen LogP contribution in [0.15, 0.2) is 28.7 Å². The number of morpholine rings is 1. The number of carbonyl (C=O) groups is 1. The van der Waals surface area contributed by atoms with E-state index >= 15 is 0 Å². The van der Waals surface area contributed by atoms with Crippen molar-refractivity contribution in [2.24, 2.45) is 5.18 Å². The van der Waals surface area contributed by atoms with Crippen LogP contribution in [0.5, 0.6) is 0 Å². The second kappa shape index (κ2) is 4.89. The molecule has 2 aliphatic heterocycles. The summed E-state index contributed by atoms with van der Waals surface area (Å²) in [5.74, 6) is -0.143. The second-order valence-electron chi connectivity index (χ2n) is 3.57. The van der Waals surface area contributed by atoms with Crippen molar-refractivity contribution in [3.05, 3.63) is 28.5 Å². The zero-order chi connectivity index (χ0) is 11.4. The molecule has 1 amide bonds. The smallest absolute Gasteiger partial charge is 0.256 e. The molecule has 2 aliphatic rings. The fourth-order valence-corrected chi connectivity index (χ4v) is 1.70. The Morgan fingerprint density at radius 1 is 1.44 bits per heavy atom. The number of carbonyl (C=O) groups excluding carboxylic acids is 1. The lowest BCUT2D eigenvalue weighted by molar-refractivity contribution is -0.130. The van der Waals surface area contributed by atoms with Gasteiger partial charge in [-0.2, -0.15) is 0 Å². The summed E-state index contributed by atoms with van der Waals surface area (Å²) < 4.78 is 5.16. The first-order chi connectivity index (χ1) is 7.83. The van der Waals surface area contributed by atoms with Crippen molar-refractivity contribution in [3.8, 4) is 0 Å². The summed E-state index contributed by atoms with van der Waals surface area (Å²) >= 11 is 0. The third-order valence-electron chi connectivity index (χ3n) is 2.59. The molecule has 1 saturated heterocycles. The molecule has 0 saturated carbocycles. The van der Waals surface area contributed by atoms with E-state index < -0.39 is 0 Å².